The second-order valence-corrected chi connectivity index (χ2v) is 10.2. The molecule has 0 saturated carbocycles. The third-order valence-electron chi connectivity index (χ3n) is 7.95. The number of nitrogens with one attached hydrogen (secondary N) is 2. The van der Waals surface area contributed by atoms with Gasteiger partial charge in [0.1, 0.15) is 0 Å². The maximum atomic E-state index is 4.04. The summed E-state index contributed by atoms with van der Waals surface area (Å²) in [5.41, 5.74) is 5.95. The first-order chi connectivity index (χ1) is 20.3. The largest absolute Gasteiger partial charge is 0.287 e. The van der Waals surface area contributed by atoms with E-state index < -0.39 is 11.1 Å². The van der Waals surface area contributed by atoms with Crippen molar-refractivity contribution in [1.82, 2.24) is 10.6 Å². The highest BCUT2D eigenvalue weighted by Crippen LogP contribution is 2.39. The molecule has 2 nitrogen and oxygen atoms in total. The monoisotopic (exact) mass is 530 g/mol. The zero-order valence-corrected chi connectivity index (χ0v) is 23.0. The van der Waals surface area contributed by atoms with E-state index in [0.717, 1.165) is 0 Å². The average Bonchev–Trinajstić information content (AvgIpc) is 3.08. The molecule has 0 aliphatic carbocycles. The Balaban J connectivity index is 1.50. The number of rotatable bonds is 10. The molecule has 0 spiro atoms. The zero-order chi connectivity index (χ0) is 27.8. The fourth-order valence-electron chi connectivity index (χ4n) is 6.05. The van der Waals surface area contributed by atoms with Gasteiger partial charge in [0.2, 0.25) is 0 Å². The summed E-state index contributed by atoms with van der Waals surface area (Å²) in [6.45, 7) is 0.525. The molecule has 0 bridgehead atoms. The van der Waals surface area contributed by atoms with E-state index in [1.807, 2.05) is 0 Å². The first kappa shape index (κ1) is 26.5. The zero-order valence-electron chi connectivity index (χ0n) is 23.0. The van der Waals surface area contributed by atoms with Gasteiger partial charge >= 0.3 is 0 Å². The molecule has 0 unspecified atom stereocenters. The van der Waals surface area contributed by atoms with Crippen LogP contribution in [0.25, 0.3) is 0 Å². The minimum Gasteiger partial charge on any atom is -0.287 e. The summed E-state index contributed by atoms with van der Waals surface area (Å²) >= 11 is 0. The molecule has 2 heteroatoms. The molecule has 0 aromatic heterocycles. The second kappa shape index (κ2) is 12.2. The predicted octanol–water partition coefficient (Wildman–Crippen LogP) is 8.11. The number of benzene rings is 6. The Bertz CT molecular complexity index is 1300. The van der Waals surface area contributed by atoms with Gasteiger partial charge in [-0.15, -0.1) is 0 Å². The van der Waals surface area contributed by atoms with Gasteiger partial charge in [-0.05, 0) is 33.4 Å². The van der Waals surface area contributed by atoms with E-state index in [0.29, 0.717) is 6.67 Å². The van der Waals surface area contributed by atoms with Crippen LogP contribution < -0.4 is 10.6 Å². The van der Waals surface area contributed by atoms with Crippen molar-refractivity contribution < 1.29 is 0 Å². The van der Waals surface area contributed by atoms with Gasteiger partial charge in [-0.1, -0.05) is 182 Å². The maximum Gasteiger partial charge on any atom is 0.0957 e. The molecule has 6 aromatic carbocycles. The number of hydrogen-bond donors (Lipinski definition) is 2. The first-order valence-corrected chi connectivity index (χ1v) is 14.2. The first-order valence-electron chi connectivity index (χ1n) is 14.2. The Morgan fingerprint density at radius 3 is 0.610 bits per heavy atom. The third-order valence-corrected chi connectivity index (χ3v) is 7.95. The Labute approximate surface area is 243 Å². The van der Waals surface area contributed by atoms with Crippen molar-refractivity contribution in [2.45, 2.75) is 11.1 Å². The summed E-state index contributed by atoms with van der Waals surface area (Å²) in [5, 5.41) is 8.07. The number of hydrogen-bond acceptors (Lipinski definition) is 2. The molecule has 41 heavy (non-hydrogen) atoms. The van der Waals surface area contributed by atoms with E-state index in [2.05, 4.69) is 193 Å². The molecule has 0 radical (unpaired) electrons. The van der Waals surface area contributed by atoms with Crippen molar-refractivity contribution in [3.63, 3.8) is 0 Å². The quantitative estimate of drug-likeness (QED) is 0.138. The summed E-state index contributed by atoms with van der Waals surface area (Å²) in [6.07, 6.45) is 0. The SMILES string of the molecule is c1ccc(C(NCNC(c2ccccc2)(c2ccccc2)c2ccccc2)(c2ccccc2)c2ccccc2)cc1. The lowest BCUT2D eigenvalue weighted by Crippen LogP contribution is -2.54. The van der Waals surface area contributed by atoms with Gasteiger partial charge in [0.15, 0.2) is 0 Å². The van der Waals surface area contributed by atoms with Crippen molar-refractivity contribution >= 4 is 0 Å². The summed E-state index contributed by atoms with van der Waals surface area (Å²) in [6, 6.07) is 64.5. The van der Waals surface area contributed by atoms with Gasteiger partial charge in [-0.25, -0.2) is 0 Å². The van der Waals surface area contributed by atoms with Crippen LogP contribution in [0.1, 0.15) is 33.4 Å². The molecule has 0 aliphatic rings. The highest BCUT2D eigenvalue weighted by atomic mass is 15.2. The van der Waals surface area contributed by atoms with Crippen LogP contribution in [-0.4, -0.2) is 6.67 Å². The third kappa shape index (κ3) is 5.12. The lowest BCUT2D eigenvalue weighted by Gasteiger charge is -2.41. The van der Waals surface area contributed by atoms with E-state index in [-0.39, 0.29) is 0 Å². The second-order valence-electron chi connectivity index (χ2n) is 10.2. The Morgan fingerprint density at radius 2 is 0.439 bits per heavy atom. The standard InChI is InChI=1S/C39H34N2/c1-7-19-32(20-8-1)38(33-21-9-2-10-22-33,34-23-11-3-12-24-34)40-31-41-39(35-25-13-4-14-26-35,36-27-15-5-16-28-36)37-29-17-6-18-30-37/h1-30,40-41H,31H2. The molecule has 0 fully saturated rings. The summed E-state index contributed by atoms with van der Waals surface area (Å²) < 4.78 is 0. The summed E-state index contributed by atoms with van der Waals surface area (Å²) in [4.78, 5) is 0. The highest BCUT2D eigenvalue weighted by Gasteiger charge is 2.39. The van der Waals surface area contributed by atoms with Crippen LogP contribution in [0.5, 0.6) is 0 Å². The molecule has 0 saturated heterocycles. The topological polar surface area (TPSA) is 24.1 Å². The molecule has 6 aromatic rings. The van der Waals surface area contributed by atoms with E-state index in [1.54, 1.807) is 0 Å². The van der Waals surface area contributed by atoms with E-state index in [9.17, 15) is 0 Å². The molecule has 0 amide bonds. The molecule has 0 atom stereocenters. The van der Waals surface area contributed by atoms with E-state index >= 15 is 0 Å². The smallest absolute Gasteiger partial charge is 0.0957 e. The van der Waals surface area contributed by atoms with Crippen molar-refractivity contribution in [3.8, 4) is 0 Å². The van der Waals surface area contributed by atoms with Gasteiger partial charge in [0.25, 0.3) is 0 Å². The van der Waals surface area contributed by atoms with Crippen LogP contribution in [0.15, 0.2) is 182 Å². The fraction of sp³-hybridized carbons (Fsp3) is 0.0769. The Morgan fingerprint density at radius 1 is 0.268 bits per heavy atom. The molecule has 200 valence electrons. The molecular weight excluding hydrogens is 496 g/mol. The maximum absolute atomic E-state index is 4.04. The van der Waals surface area contributed by atoms with E-state index in [1.165, 1.54) is 33.4 Å². The summed E-state index contributed by atoms with van der Waals surface area (Å²) in [5.74, 6) is 0. The lowest BCUT2D eigenvalue weighted by molar-refractivity contribution is 0.383. The lowest BCUT2D eigenvalue weighted by atomic mass is 9.76. The van der Waals surface area contributed by atoms with Gasteiger partial charge in [-0.3, -0.25) is 10.6 Å². The minimum atomic E-state index is -0.577. The van der Waals surface area contributed by atoms with Crippen LogP contribution >= 0.6 is 0 Å². The molecular formula is C39H34N2. The minimum absolute atomic E-state index is 0.525. The predicted molar refractivity (Wildman–Crippen MR) is 170 cm³/mol. The summed E-state index contributed by atoms with van der Waals surface area (Å²) in [7, 11) is 0. The molecule has 6 rings (SSSR count). The van der Waals surface area contributed by atoms with Gasteiger partial charge in [-0.2, -0.15) is 0 Å². The molecule has 0 heterocycles. The van der Waals surface area contributed by atoms with Crippen molar-refractivity contribution in [2.24, 2.45) is 0 Å². The highest BCUT2D eigenvalue weighted by molar-refractivity contribution is 5.51. The van der Waals surface area contributed by atoms with Crippen LogP contribution in [0.4, 0.5) is 0 Å². The van der Waals surface area contributed by atoms with Crippen LogP contribution in [0, 0.1) is 0 Å². The van der Waals surface area contributed by atoms with Gasteiger partial charge < -0.3 is 0 Å². The van der Waals surface area contributed by atoms with Crippen LogP contribution in [-0.2, 0) is 11.1 Å². The fourth-order valence-corrected chi connectivity index (χ4v) is 6.05. The normalized spacial score (nSPS) is 11.7. The Hall–Kier alpha value is -4.76. The average molecular weight is 531 g/mol. The van der Waals surface area contributed by atoms with Crippen molar-refractivity contribution in [1.29, 1.82) is 0 Å². The van der Waals surface area contributed by atoms with Crippen LogP contribution in [0.2, 0.25) is 0 Å². The van der Waals surface area contributed by atoms with E-state index in [4.69, 9.17) is 0 Å². The van der Waals surface area contributed by atoms with Crippen molar-refractivity contribution in [2.75, 3.05) is 6.67 Å². The van der Waals surface area contributed by atoms with Gasteiger partial charge in [0, 0.05) is 6.67 Å². The Kier molecular flexibility index (Phi) is 7.86. The van der Waals surface area contributed by atoms with Crippen molar-refractivity contribution in [3.05, 3.63) is 215 Å². The van der Waals surface area contributed by atoms with Crippen LogP contribution in [0.3, 0.4) is 0 Å². The molecule has 2 N–H and O–H groups in total. The molecule has 0 aliphatic heterocycles. The van der Waals surface area contributed by atoms with Gasteiger partial charge in [0.05, 0.1) is 11.1 Å².